The first kappa shape index (κ1) is 15.9. The lowest BCUT2D eigenvalue weighted by atomic mass is 9.47. The van der Waals surface area contributed by atoms with Gasteiger partial charge in [-0.15, -0.1) is 11.6 Å². The van der Waals surface area contributed by atoms with Crippen LogP contribution >= 0.6 is 11.6 Å². The number of Topliss-reactive ketones (excluding diaryl/α,β-unsaturated/α-hetero) is 1. The van der Waals surface area contributed by atoms with Crippen LogP contribution in [0.5, 0.6) is 0 Å². The summed E-state index contributed by atoms with van der Waals surface area (Å²) in [6.07, 6.45) is 13.1. The first-order chi connectivity index (χ1) is 10.9. The van der Waals surface area contributed by atoms with E-state index in [1.54, 1.807) is 12.5 Å². The molecule has 0 aromatic heterocycles. The molecule has 0 amide bonds. The first-order valence-electron chi connectivity index (χ1n) is 9.41. The third kappa shape index (κ3) is 2.15. The Morgan fingerprint density at radius 2 is 1.83 bits per heavy atom. The maximum Gasteiger partial charge on any atom is 0.156 e. The molecule has 6 atom stereocenters. The zero-order chi connectivity index (χ0) is 16.4. The van der Waals surface area contributed by atoms with E-state index in [-0.39, 0.29) is 5.41 Å². The molecular formula is C21H29ClO. The highest BCUT2D eigenvalue weighted by Crippen LogP contribution is 2.65. The van der Waals surface area contributed by atoms with Gasteiger partial charge in [-0.2, -0.15) is 0 Å². The van der Waals surface area contributed by atoms with Gasteiger partial charge in [0, 0.05) is 5.38 Å². The molecule has 1 nitrogen and oxygen atoms in total. The van der Waals surface area contributed by atoms with E-state index < -0.39 is 0 Å². The normalized spacial score (nSPS) is 48.7. The highest BCUT2D eigenvalue weighted by atomic mass is 35.5. The van der Waals surface area contributed by atoms with Crippen LogP contribution in [0.3, 0.4) is 0 Å². The second-order valence-corrected chi connectivity index (χ2v) is 9.58. The molecule has 4 rings (SSSR count). The van der Waals surface area contributed by atoms with Gasteiger partial charge in [0.2, 0.25) is 0 Å². The average Bonchev–Trinajstić information content (AvgIpc) is 2.85. The maximum absolute atomic E-state index is 12.1. The van der Waals surface area contributed by atoms with Crippen molar-refractivity contribution in [3.05, 3.63) is 23.3 Å². The Morgan fingerprint density at radius 1 is 1.09 bits per heavy atom. The smallest absolute Gasteiger partial charge is 0.156 e. The van der Waals surface area contributed by atoms with Crippen LogP contribution in [0, 0.1) is 28.6 Å². The van der Waals surface area contributed by atoms with Crippen molar-refractivity contribution in [3.8, 4) is 0 Å². The fraction of sp³-hybridized carbons (Fsp3) is 0.762. The lowest BCUT2D eigenvalue weighted by Crippen LogP contribution is -2.50. The summed E-state index contributed by atoms with van der Waals surface area (Å²) in [5, 5.41) is 0.345. The number of allylic oxidation sites excluding steroid dienone is 4. The molecule has 126 valence electrons. The maximum atomic E-state index is 12.1. The second-order valence-electron chi connectivity index (χ2n) is 8.97. The first-order valence-corrected chi connectivity index (χ1v) is 9.85. The van der Waals surface area contributed by atoms with Gasteiger partial charge < -0.3 is 0 Å². The predicted molar refractivity (Wildman–Crippen MR) is 95.5 cm³/mol. The minimum Gasteiger partial charge on any atom is -0.295 e. The summed E-state index contributed by atoms with van der Waals surface area (Å²) in [6.45, 7) is 6.63. The average molecular weight is 333 g/mol. The minimum atomic E-state index is 0.137. The molecule has 4 aliphatic carbocycles. The number of hydrogen-bond acceptors (Lipinski definition) is 1. The van der Waals surface area contributed by atoms with Crippen LogP contribution < -0.4 is 0 Å². The van der Waals surface area contributed by atoms with Crippen molar-refractivity contribution in [2.45, 2.75) is 71.1 Å². The highest BCUT2D eigenvalue weighted by molar-refractivity contribution is 6.20. The number of fused-ring (bicyclic) bond motifs is 5. The Hall–Kier alpha value is -0.560. The van der Waals surface area contributed by atoms with Crippen LogP contribution in [-0.4, -0.2) is 11.2 Å². The van der Waals surface area contributed by atoms with Gasteiger partial charge >= 0.3 is 0 Å². The number of alkyl halides is 1. The van der Waals surface area contributed by atoms with Crippen molar-refractivity contribution in [2.75, 3.05) is 0 Å². The zero-order valence-electron chi connectivity index (χ0n) is 14.7. The molecule has 2 saturated carbocycles. The number of carbonyl (C=O) groups excluding carboxylic acids is 1. The summed E-state index contributed by atoms with van der Waals surface area (Å²) in [6, 6.07) is 0. The molecule has 0 aromatic carbocycles. The number of rotatable bonds is 1. The van der Waals surface area contributed by atoms with E-state index in [1.165, 1.54) is 25.7 Å². The molecule has 0 N–H and O–H groups in total. The van der Waals surface area contributed by atoms with Crippen LogP contribution in [0.15, 0.2) is 23.3 Å². The molecule has 0 radical (unpaired) electrons. The van der Waals surface area contributed by atoms with E-state index in [1.807, 2.05) is 0 Å². The largest absolute Gasteiger partial charge is 0.295 e. The van der Waals surface area contributed by atoms with Gasteiger partial charge in [-0.25, -0.2) is 0 Å². The van der Waals surface area contributed by atoms with Gasteiger partial charge in [-0.3, -0.25) is 4.79 Å². The van der Waals surface area contributed by atoms with Gasteiger partial charge in [0.05, 0.1) is 0 Å². The molecule has 2 heteroatoms. The third-order valence-electron chi connectivity index (χ3n) is 8.00. The molecule has 2 fully saturated rings. The van der Waals surface area contributed by atoms with E-state index in [0.29, 0.717) is 22.5 Å². The summed E-state index contributed by atoms with van der Waals surface area (Å²) < 4.78 is 0. The molecule has 0 spiro atoms. The Kier molecular flexibility index (Phi) is 3.61. The number of halogens is 1. The van der Waals surface area contributed by atoms with E-state index in [4.69, 9.17) is 11.6 Å². The van der Waals surface area contributed by atoms with Crippen molar-refractivity contribution < 1.29 is 4.79 Å². The molecule has 0 heterocycles. The molecule has 0 aliphatic heterocycles. The summed E-state index contributed by atoms with van der Waals surface area (Å²) in [4.78, 5) is 12.1. The second kappa shape index (κ2) is 5.22. The van der Waals surface area contributed by atoms with Crippen LogP contribution in [0.4, 0.5) is 0 Å². The molecule has 23 heavy (non-hydrogen) atoms. The minimum absolute atomic E-state index is 0.137. The van der Waals surface area contributed by atoms with Crippen LogP contribution in [0.25, 0.3) is 0 Å². The fourth-order valence-electron chi connectivity index (χ4n) is 6.73. The summed E-state index contributed by atoms with van der Waals surface area (Å²) in [5.41, 5.74) is 3.28. The van der Waals surface area contributed by atoms with Crippen molar-refractivity contribution in [2.24, 2.45) is 28.6 Å². The summed E-state index contributed by atoms with van der Waals surface area (Å²) in [5.74, 6) is 2.52. The summed E-state index contributed by atoms with van der Waals surface area (Å²) >= 11 is 6.45. The standard InChI is InChI=1S/C21H29ClO/c1-13(23)17-6-7-18-16-5-4-14-12-15(22)8-10-20(14,2)19(16)9-11-21(17,18)3/h4,6,15-16,18-19H,5,7-12H2,1-3H3/t15-,16-,18-,19-,20-,21+/m0/s1. The van der Waals surface area contributed by atoms with E-state index in [0.717, 1.165) is 36.7 Å². The molecule has 0 unspecified atom stereocenters. The van der Waals surface area contributed by atoms with Gasteiger partial charge in [-0.1, -0.05) is 31.6 Å². The Bertz CT molecular complexity index is 603. The van der Waals surface area contributed by atoms with E-state index >= 15 is 0 Å². The molecule has 0 aromatic rings. The van der Waals surface area contributed by atoms with Crippen LogP contribution in [0.2, 0.25) is 0 Å². The monoisotopic (exact) mass is 332 g/mol. The topological polar surface area (TPSA) is 17.1 Å². The fourth-order valence-corrected chi connectivity index (χ4v) is 7.01. The molecular weight excluding hydrogens is 304 g/mol. The van der Waals surface area contributed by atoms with Crippen LogP contribution in [-0.2, 0) is 4.79 Å². The van der Waals surface area contributed by atoms with E-state index in [9.17, 15) is 4.79 Å². The van der Waals surface area contributed by atoms with Gasteiger partial charge in [0.15, 0.2) is 5.78 Å². The van der Waals surface area contributed by atoms with Crippen molar-refractivity contribution in [3.63, 3.8) is 0 Å². The Labute approximate surface area is 145 Å². The Balaban J connectivity index is 1.67. The van der Waals surface area contributed by atoms with E-state index in [2.05, 4.69) is 26.0 Å². The number of carbonyl (C=O) groups is 1. The molecule has 0 saturated heterocycles. The molecule has 4 aliphatic rings. The Morgan fingerprint density at radius 3 is 2.57 bits per heavy atom. The lowest BCUT2D eigenvalue weighted by Gasteiger charge is -2.57. The highest BCUT2D eigenvalue weighted by Gasteiger charge is 2.57. The number of ketones is 1. The zero-order valence-corrected chi connectivity index (χ0v) is 15.5. The molecule has 0 bridgehead atoms. The predicted octanol–water partition coefficient (Wildman–Crippen LogP) is 5.68. The van der Waals surface area contributed by atoms with Crippen molar-refractivity contribution in [1.82, 2.24) is 0 Å². The van der Waals surface area contributed by atoms with Crippen molar-refractivity contribution >= 4 is 17.4 Å². The van der Waals surface area contributed by atoms with Gasteiger partial charge in [0.25, 0.3) is 0 Å². The van der Waals surface area contributed by atoms with Crippen molar-refractivity contribution in [1.29, 1.82) is 0 Å². The van der Waals surface area contributed by atoms with Gasteiger partial charge in [-0.05, 0) is 86.0 Å². The lowest BCUT2D eigenvalue weighted by molar-refractivity contribution is -0.115. The summed E-state index contributed by atoms with van der Waals surface area (Å²) in [7, 11) is 0. The van der Waals surface area contributed by atoms with Crippen LogP contribution in [0.1, 0.15) is 65.7 Å². The van der Waals surface area contributed by atoms with Gasteiger partial charge in [0.1, 0.15) is 0 Å². The number of hydrogen-bond donors (Lipinski definition) is 0. The quantitative estimate of drug-likeness (QED) is 0.446. The third-order valence-corrected chi connectivity index (χ3v) is 8.38. The SMILES string of the molecule is CC(=O)C1=CC[C@H]2[C@@H]3CC=C4C[C@@H](Cl)CC[C@]4(C)[C@H]3CC[C@]12C.